The molecule has 0 aliphatic heterocycles. The number of hydrogen-bond acceptors (Lipinski definition) is 1. The van der Waals surface area contributed by atoms with Crippen LogP contribution in [0.15, 0.2) is 35.1 Å². The summed E-state index contributed by atoms with van der Waals surface area (Å²) in [4.78, 5) is 13.9. The molecule has 1 aromatic heterocycles. The van der Waals surface area contributed by atoms with E-state index in [9.17, 15) is 4.79 Å². The minimum atomic E-state index is -0.0614. The van der Waals surface area contributed by atoms with Gasteiger partial charge >= 0.3 is 77.0 Å². The Balaban J connectivity index is 2.93. The summed E-state index contributed by atoms with van der Waals surface area (Å²) in [7, 11) is 0. The summed E-state index contributed by atoms with van der Waals surface area (Å²) in [5.41, 5.74) is 0.815. The van der Waals surface area contributed by atoms with Crippen LogP contribution in [0.3, 0.4) is 0 Å². The molecule has 1 radical (unpaired) electrons. The zero-order chi connectivity index (χ0) is 8.55. The molecule has 0 saturated carbocycles. The standard InChI is InChI=1S/C9H6NOSe/c11-9-8(12)5-6-3-1-2-4-7(6)10-9/h1-5H,(H,10,11). The first-order valence-electron chi connectivity index (χ1n) is 3.56. The maximum absolute atomic E-state index is 11.1. The van der Waals surface area contributed by atoms with Gasteiger partial charge in [-0.1, -0.05) is 0 Å². The van der Waals surface area contributed by atoms with Crippen LogP contribution in [0.25, 0.3) is 10.9 Å². The normalized spacial score (nSPS) is 10.3. The summed E-state index contributed by atoms with van der Waals surface area (Å²) in [6.45, 7) is 0. The van der Waals surface area contributed by atoms with E-state index >= 15 is 0 Å². The van der Waals surface area contributed by atoms with Gasteiger partial charge < -0.3 is 0 Å². The van der Waals surface area contributed by atoms with Crippen molar-refractivity contribution in [2.75, 3.05) is 0 Å². The molecular formula is C9H6NOSe. The first-order chi connectivity index (χ1) is 5.77. The van der Waals surface area contributed by atoms with E-state index in [-0.39, 0.29) is 5.56 Å². The Hall–Kier alpha value is -1.05. The molecule has 1 N–H and O–H groups in total. The van der Waals surface area contributed by atoms with Crippen LogP contribution in [0.2, 0.25) is 0 Å². The van der Waals surface area contributed by atoms with Gasteiger partial charge in [-0.05, 0) is 0 Å². The first-order valence-corrected chi connectivity index (χ1v) is 4.42. The monoisotopic (exact) mass is 224 g/mol. The van der Waals surface area contributed by atoms with Gasteiger partial charge in [0.25, 0.3) is 0 Å². The second kappa shape index (κ2) is 2.77. The molecule has 1 aromatic carbocycles. The van der Waals surface area contributed by atoms with E-state index in [4.69, 9.17) is 0 Å². The molecule has 0 amide bonds. The first kappa shape index (κ1) is 7.59. The van der Waals surface area contributed by atoms with Gasteiger partial charge in [-0.25, -0.2) is 0 Å². The van der Waals surface area contributed by atoms with Gasteiger partial charge in [0, 0.05) is 0 Å². The van der Waals surface area contributed by atoms with E-state index in [1.807, 2.05) is 30.3 Å². The van der Waals surface area contributed by atoms with Crippen molar-refractivity contribution in [3.8, 4) is 0 Å². The van der Waals surface area contributed by atoms with Crippen LogP contribution in [0.4, 0.5) is 0 Å². The number of nitrogens with one attached hydrogen (secondary N) is 1. The average molecular weight is 223 g/mol. The van der Waals surface area contributed by atoms with E-state index < -0.39 is 0 Å². The number of benzene rings is 1. The van der Waals surface area contributed by atoms with E-state index in [0.717, 1.165) is 10.9 Å². The Bertz CT molecular complexity index is 475. The summed E-state index contributed by atoms with van der Waals surface area (Å²) in [6.07, 6.45) is 0. The van der Waals surface area contributed by atoms with Crippen molar-refractivity contribution in [1.82, 2.24) is 4.98 Å². The summed E-state index contributed by atoms with van der Waals surface area (Å²) >= 11 is 2.72. The topological polar surface area (TPSA) is 32.9 Å². The predicted molar refractivity (Wildman–Crippen MR) is 50.0 cm³/mol. The van der Waals surface area contributed by atoms with E-state index in [2.05, 4.69) is 21.0 Å². The summed E-state index contributed by atoms with van der Waals surface area (Å²) in [6, 6.07) is 9.54. The molecule has 2 rings (SSSR count). The molecule has 59 valence electrons. The van der Waals surface area contributed by atoms with E-state index in [0.29, 0.717) is 4.46 Å². The maximum atomic E-state index is 11.1. The van der Waals surface area contributed by atoms with Gasteiger partial charge in [0.1, 0.15) is 0 Å². The molecule has 2 aromatic rings. The van der Waals surface area contributed by atoms with Crippen molar-refractivity contribution in [2.24, 2.45) is 0 Å². The molecule has 3 heteroatoms. The van der Waals surface area contributed by atoms with Crippen molar-refractivity contribution in [3.05, 3.63) is 40.7 Å². The van der Waals surface area contributed by atoms with Gasteiger partial charge in [0.2, 0.25) is 0 Å². The molecule has 0 fully saturated rings. The molecule has 0 aliphatic rings. The fraction of sp³-hybridized carbons (Fsp3) is 0. The molecule has 0 atom stereocenters. The van der Waals surface area contributed by atoms with Crippen LogP contribution in [-0.4, -0.2) is 21.0 Å². The number of aromatic amines is 1. The number of aromatic nitrogens is 1. The van der Waals surface area contributed by atoms with Crippen molar-refractivity contribution in [3.63, 3.8) is 0 Å². The van der Waals surface area contributed by atoms with Crippen molar-refractivity contribution in [2.45, 2.75) is 0 Å². The van der Waals surface area contributed by atoms with E-state index in [1.54, 1.807) is 0 Å². The Labute approximate surface area is 77.4 Å². The zero-order valence-electron chi connectivity index (χ0n) is 6.20. The molecule has 2 nitrogen and oxygen atoms in total. The zero-order valence-corrected chi connectivity index (χ0v) is 7.92. The molecule has 0 unspecified atom stereocenters. The van der Waals surface area contributed by atoms with Crippen molar-refractivity contribution < 1.29 is 0 Å². The number of H-pyrrole nitrogens is 1. The minimum absolute atomic E-state index is 0.0614. The van der Waals surface area contributed by atoms with Crippen molar-refractivity contribution in [1.29, 1.82) is 0 Å². The van der Waals surface area contributed by atoms with E-state index in [1.165, 1.54) is 0 Å². The third-order valence-corrected chi connectivity index (χ3v) is 2.36. The fourth-order valence-corrected chi connectivity index (χ4v) is 1.50. The number of para-hydroxylation sites is 1. The number of hydrogen-bond donors (Lipinski definition) is 1. The average Bonchev–Trinajstić information content (AvgIpc) is 2.07. The molecule has 0 aliphatic carbocycles. The third-order valence-electron chi connectivity index (χ3n) is 1.72. The Kier molecular flexibility index (Phi) is 1.75. The summed E-state index contributed by atoms with van der Waals surface area (Å²) < 4.78 is 0.633. The molecule has 0 saturated heterocycles. The van der Waals surface area contributed by atoms with Gasteiger partial charge in [-0.2, -0.15) is 0 Å². The fourth-order valence-electron chi connectivity index (χ4n) is 1.13. The van der Waals surface area contributed by atoms with Crippen LogP contribution in [0.1, 0.15) is 0 Å². The SMILES string of the molecule is O=c1[nH]c2ccccc2cc1[Se]. The number of fused-ring (bicyclic) bond motifs is 1. The van der Waals surface area contributed by atoms with Crippen LogP contribution in [0, 0.1) is 0 Å². The number of rotatable bonds is 0. The van der Waals surface area contributed by atoms with Gasteiger partial charge in [0.15, 0.2) is 0 Å². The Morgan fingerprint density at radius 1 is 1.25 bits per heavy atom. The third kappa shape index (κ3) is 1.17. The molecular weight excluding hydrogens is 217 g/mol. The predicted octanol–water partition coefficient (Wildman–Crippen LogP) is 0.322. The molecule has 0 bridgehead atoms. The molecule has 12 heavy (non-hydrogen) atoms. The summed E-state index contributed by atoms with van der Waals surface area (Å²) in [5.74, 6) is 0. The Morgan fingerprint density at radius 2 is 2.00 bits per heavy atom. The summed E-state index contributed by atoms with van der Waals surface area (Å²) in [5, 5.41) is 1.05. The van der Waals surface area contributed by atoms with Crippen LogP contribution >= 0.6 is 0 Å². The van der Waals surface area contributed by atoms with Gasteiger partial charge in [-0.3, -0.25) is 0 Å². The van der Waals surface area contributed by atoms with Crippen LogP contribution in [-0.2, 0) is 0 Å². The molecule has 0 spiro atoms. The van der Waals surface area contributed by atoms with Crippen molar-refractivity contribution >= 4 is 31.4 Å². The Morgan fingerprint density at radius 3 is 2.83 bits per heavy atom. The second-order valence-corrected chi connectivity index (χ2v) is 3.47. The van der Waals surface area contributed by atoms with Gasteiger partial charge in [-0.15, -0.1) is 0 Å². The van der Waals surface area contributed by atoms with Crippen LogP contribution < -0.4 is 10.0 Å². The number of pyridine rings is 1. The second-order valence-electron chi connectivity index (χ2n) is 2.55. The van der Waals surface area contributed by atoms with Crippen LogP contribution in [0.5, 0.6) is 0 Å². The van der Waals surface area contributed by atoms with Gasteiger partial charge in [0.05, 0.1) is 0 Å². The quantitative estimate of drug-likeness (QED) is 0.641. The molecule has 1 heterocycles.